The molecule has 0 saturated heterocycles. The molecule has 1 aromatic carbocycles. The number of nitrogens with one attached hydrogen (secondary N) is 1. The lowest BCUT2D eigenvalue weighted by Gasteiger charge is -2.57. The Morgan fingerprint density at radius 1 is 1.02 bits per heavy atom. The van der Waals surface area contributed by atoms with Crippen LogP contribution in [0, 0.1) is 28.6 Å². The molecule has 3 fully saturated rings. The number of benzene rings is 1. The summed E-state index contributed by atoms with van der Waals surface area (Å²) in [6, 6.07) is 7.67. The van der Waals surface area contributed by atoms with E-state index in [-0.39, 0.29) is 66.8 Å². The molecule has 0 aromatic heterocycles. The van der Waals surface area contributed by atoms with Gasteiger partial charge in [0.2, 0.25) is 11.7 Å². The molecule has 10 heteroatoms. The molecule has 10 nitrogen and oxygen atoms in total. The Kier molecular flexibility index (Phi) is 8.68. The van der Waals surface area contributed by atoms with Gasteiger partial charge in [-0.15, -0.1) is 0 Å². The van der Waals surface area contributed by atoms with Crippen LogP contribution in [0.15, 0.2) is 42.0 Å². The van der Waals surface area contributed by atoms with Crippen molar-refractivity contribution in [3.8, 4) is 0 Å². The second-order valence-electron chi connectivity index (χ2n) is 13.5. The van der Waals surface area contributed by atoms with Crippen molar-refractivity contribution in [2.24, 2.45) is 28.6 Å². The van der Waals surface area contributed by atoms with Crippen molar-refractivity contribution in [1.82, 2.24) is 5.32 Å². The molecular formula is C34H41NO9. The van der Waals surface area contributed by atoms with Crippen molar-refractivity contribution in [3.63, 3.8) is 0 Å². The van der Waals surface area contributed by atoms with Gasteiger partial charge in [-0.3, -0.25) is 24.0 Å². The highest BCUT2D eigenvalue weighted by molar-refractivity contribution is 5.95. The Hall–Kier alpha value is -3.66. The van der Waals surface area contributed by atoms with E-state index in [1.807, 2.05) is 0 Å². The first-order valence-electron chi connectivity index (χ1n) is 15.5. The van der Waals surface area contributed by atoms with Crippen molar-refractivity contribution in [1.29, 1.82) is 0 Å². The fourth-order valence-corrected chi connectivity index (χ4v) is 8.72. The van der Waals surface area contributed by atoms with Gasteiger partial charge in [0, 0.05) is 37.0 Å². The summed E-state index contributed by atoms with van der Waals surface area (Å²) in [6.45, 7) is 3.20. The van der Waals surface area contributed by atoms with E-state index in [4.69, 9.17) is 4.74 Å². The molecule has 0 unspecified atom stereocenters. The highest BCUT2D eigenvalue weighted by Crippen LogP contribution is 2.66. The molecule has 3 saturated carbocycles. The summed E-state index contributed by atoms with van der Waals surface area (Å²) >= 11 is 0. The highest BCUT2D eigenvalue weighted by atomic mass is 16.5. The number of allylic oxidation sites excluding steroid dienone is 1. The zero-order chi connectivity index (χ0) is 31.9. The van der Waals surface area contributed by atoms with E-state index in [9.17, 15) is 39.0 Å². The van der Waals surface area contributed by atoms with Gasteiger partial charge in [-0.2, -0.15) is 0 Å². The number of ketones is 3. The average Bonchev–Trinajstić information content (AvgIpc) is 3.25. The Balaban J connectivity index is 1.16. The third kappa shape index (κ3) is 5.64. The van der Waals surface area contributed by atoms with Crippen molar-refractivity contribution in [2.75, 3.05) is 6.61 Å². The van der Waals surface area contributed by atoms with Crippen LogP contribution in [-0.4, -0.2) is 63.7 Å². The highest BCUT2D eigenvalue weighted by Gasteiger charge is 2.68. The van der Waals surface area contributed by atoms with Crippen LogP contribution in [0.1, 0.15) is 77.2 Å². The molecule has 1 aromatic rings. The number of amides is 1. The van der Waals surface area contributed by atoms with Crippen LogP contribution in [0.3, 0.4) is 0 Å². The number of carboxylic acids is 1. The van der Waals surface area contributed by atoms with Gasteiger partial charge < -0.3 is 20.3 Å². The zero-order valence-electron chi connectivity index (χ0n) is 25.3. The molecule has 236 valence electrons. The average molecular weight is 608 g/mol. The maximum atomic E-state index is 13.8. The SMILES string of the molecule is C[C@]12CCC(=O)C=C1CC[C@H]1[C@H]2C(=O)C[C@@]2(C)[C@H]1CC[C@]2(O)C(=O)COC(=O)CCC(=O)N[C@H](Cc1ccccc1)C(=O)O. The first-order chi connectivity index (χ1) is 20.8. The number of ether oxygens (including phenoxy) is 1. The van der Waals surface area contributed by atoms with Gasteiger partial charge in [-0.05, 0) is 61.0 Å². The van der Waals surface area contributed by atoms with Crippen LogP contribution in [-0.2, 0) is 39.9 Å². The molecular weight excluding hydrogens is 566 g/mol. The van der Waals surface area contributed by atoms with Gasteiger partial charge in [0.05, 0.1) is 6.42 Å². The molecule has 0 heterocycles. The lowest BCUT2D eigenvalue weighted by atomic mass is 9.46. The fraction of sp³-hybridized carbons (Fsp3) is 0.588. The van der Waals surface area contributed by atoms with E-state index < -0.39 is 47.3 Å². The van der Waals surface area contributed by atoms with Gasteiger partial charge in [0.1, 0.15) is 17.4 Å². The van der Waals surface area contributed by atoms with Crippen molar-refractivity contribution in [3.05, 3.63) is 47.5 Å². The van der Waals surface area contributed by atoms with Crippen LogP contribution in [0.25, 0.3) is 0 Å². The molecule has 44 heavy (non-hydrogen) atoms. The van der Waals surface area contributed by atoms with Crippen LogP contribution in [0.4, 0.5) is 0 Å². The number of carboxylic acid groups (broad SMARTS) is 1. The van der Waals surface area contributed by atoms with Crippen molar-refractivity contribution >= 4 is 35.2 Å². The number of carbonyl (C=O) groups is 6. The third-order valence-electron chi connectivity index (χ3n) is 11.1. The summed E-state index contributed by atoms with van der Waals surface area (Å²) < 4.78 is 5.17. The molecule has 7 atom stereocenters. The third-order valence-corrected chi connectivity index (χ3v) is 11.1. The van der Waals surface area contributed by atoms with Crippen LogP contribution < -0.4 is 5.32 Å². The first kappa shape index (κ1) is 31.8. The lowest BCUT2D eigenvalue weighted by Crippen LogP contribution is -2.61. The minimum Gasteiger partial charge on any atom is -0.480 e. The Labute approximate surface area is 256 Å². The summed E-state index contributed by atoms with van der Waals surface area (Å²) in [7, 11) is 0. The fourth-order valence-electron chi connectivity index (χ4n) is 8.72. The van der Waals surface area contributed by atoms with Gasteiger partial charge >= 0.3 is 11.9 Å². The standard InChI is InChI=1S/C34H41NO9/c1-32-14-12-22(36)17-21(32)8-9-23-24-13-15-34(43,33(24,2)18-26(37)30(23)32)27(38)19-44-29(40)11-10-28(39)35-25(31(41)42)16-20-6-4-3-5-7-20/h3-7,17,23-25,30,43H,8-16,18-19H2,1-2H3,(H,35,39)(H,41,42)/t23-,24+,25-,30+,32+,33+,34+/m1/s1. The Bertz CT molecular complexity index is 1400. The largest absolute Gasteiger partial charge is 0.480 e. The van der Waals surface area contributed by atoms with Crippen molar-refractivity contribution < 1.29 is 43.7 Å². The zero-order valence-corrected chi connectivity index (χ0v) is 25.3. The molecule has 5 rings (SSSR count). The molecule has 0 aliphatic heterocycles. The van der Waals surface area contributed by atoms with Gasteiger partial charge in [0.15, 0.2) is 12.4 Å². The van der Waals surface area contributed by atoms with E-state index in [1.54, 1.807) is 43.3 Å². The predicted molar refractivity (Wildman–Crippen MR) is 157 cm³/mol. The number of hydrogen-bond donors (Lipinski definition) is 3. The number of carbonyl (C=O) groups excluding carboxylic acids is 5. The summed E-state index contributed by atoms with van der Waals surface area (Å²) in [5, 5.41) is 23.7. The van der Waals surface area contributed by atoms with Crippen LogP contribution in [0.5, 0.6) is 0 Å². The quantitative estimate of drug-likeness (QED) is 0.339. The maximum Gasteiger partial charge on any atom is 0.326 e. The van der Waals surface area contributed by atoms with E-state index in [0.29, 0.717) is 19.3 Å². The van der Waals surface area contributed by atoms with Crippen LogP contribution >= 0.6 is 0 Å². The second kappa shape index (κ2) is 12.0. The molecule has 0 bridgehead atoms. The maximum absolute atomic E-state index is 13.8. The number of aliphatic hydroxyl groups is 1. The summed E-state index contributed by atoms with van der Waals surface area (Å²) in [4.78, 5) is 75.7. The summed E-state index contributed by atoms with van der Waals surface area (Å²) in [6.07, 6.45) is 4.39. The minimum atomic E-state index is -1.83. The lowest BCUT2D eigenvalue weighted by molar-refractivity contribution is -0.173. The first-order valence-corrected chi connectivity index (χ1v) is 15.5. The minimum absolute atomic E-state index is 0.00370. The molecule has 4 aliphatic rings. The number of esters is 1. The monoisotopic (exact) mass is 607 g/mol. The van der Waals surface area contributed by atoms with Gasteiger partial charge in [-0.25, -0.2) is 4.79 Å². The van der Waals surface area contributed by atoms with Gasteiger partial charge in [0.25, 0.3) is 0 Å². The Morgan fingerprint density at radius 3 is 2.45 bits per heavy atom. The number of rotatable bonds is 10. The normalized spacial score (nSPS) is 33.2. The molecule has 0 spiro atoms. The molecule has 3 N–H and O–H groups in total. The van der Waals surface area contributed by atoms with E-state index >= 15 is 0 Å². The molecule has 4 aliphatic carbocycles. The Morgan fingerprint density at radius 2 is 1.75 bits per heavy atom. The van der Waals surface area contributed by atoms with E-state index in [0.717, 1.165) is 24.0 Å². The van der Waals surface area contributed by atoms with E-state index in [1.165, 1.54) is 0 Å². The molecule has 0 radical (unpaired) electrons. The van der Waals surface area contributed by atoms with Crippen molar-refractivity contribution in [2.45, 2.75) is 89.7 Å². The van der Waals surface area contributed by atoms with Crippen LogP contribution in [0.2, 0.25) is 0 Å². The second-order valence-corrected chi connectivity index (χ2v) is 13.5. The number of aliphatic carboxylic acids is 1. The number of hydrogen-bond acceptors (Lipinski definition) is 8. The predicted octanol–water partition coefficient (Wildman–Crippen LogP) is 3.13. The smallest absolute Gasteiger partial charge is 0.326 e. The summed E-state index contributed by atoms with van der Waals surface area (Å²) in [5.41, 5.74) is -1.43. The number of fused-ring (bicyclic) bond motifs is 5. The summed E-state index contributed by atoms with van der Waals surface area (Å²) in [5.74, 6) is -3.52. The van der Waals surface area contributed by atoms with Gasteiger partial charge in [-0.1, -0.05) is 49.8 Å². The van der Waals surface area contributed by atoms with E-state index in [2.05, 4.69) is 12.2 Å². The number of Topliss-reactive ketones (excluding diaryl/α,β-unsaturated/α-hetero) is 2. The molecule has 1 amide bonds. The topological polar surface area (TPSA) is 164 Å².